The summed E-state index contributed by atoms with van der Waals surface area (Å²) in [6.45, 7) is 0.295. The summed E-state index contributed by atoms with van der Waals surface area (Å²) >= 11 is 0. The number of hydrogen-bond acceptors (Lipinski definition) is 8. The topological polar surface area (TPSA) is 160 Å². The Morgan fingerprint density at radius 1 is 1.64 bits per heavy atom. The number of aromatic nitrogens is 4. The number of nitrogens with one attached hydrogen (secondary N) is 1. The fourth-order valence-electron chi connectivity index (χ4n) is 2.80. The van der Waals surface area contributed by atoms with Gasteiger partial charge in [-0.15, -0.1) is 0 Å². The van der Waals surface area contributed by atoms with Crippen molar-refractivity contribution in [1.82, 2.24) is 19.5 Å². The van der Waals surface area contributed by atoms with Crippen LogP contribution in [0.25, 0.3) is 11.2 Å². The van der Waals surface area contributed by atoms with Crippen molar-refractivity contribution in [3.63, 3.8) is 0 Å². The molecule has 1 aliphatic heterocycles. The molecule has 2 aromatic heterocycles. The number of aliphatic hydroxyl groups is 3. The zero-order valence-electron chi connectivity index (χ0n) is 13.0. The molecule has 134 valence electrons. The third-order valence-corrected chi connectivity index (χ3v) is 3.96. The van der Waals surface area contributed by atoms with Crippen molar-refractivity contribution in [2.24, 2.45) is 0 Å². The molecule has 1 unspecified atom stereocenters. The molecule has 25 heavy (non-hydrogen) atoms. The molecular weight excluding hydrogens is 337 g/mol. The summed E-state index contributed by atoms with van der Waals surface area (Å²) in [7, 11) is 0. The number of aliphatic hydroxyl groups excluding tert-OH is 2. The molecule has 10 nitrogen and oxygen atoms in total. The standard InChI is InChI=1S/C14H16FN5O5/c1-6(21)8-9(22)14(24,3-2-4-15)12(25-8)20-5-17-7-10(20)18-13(16)19-11(7)23/h5-6,8-9,12,21-22,24H,4H2,1H3,(H3,16,18,19,23)/t6-,8-,9?,12-,14-/m1/s1. The summed E-state index contributed by atoms with van der Waals surface area (Å²) < 4.78 is 19.2. The minimum Gasteiger partial charge on any atom is -0.391 e. The third-order valence-electron chi connectivity index (χ3n) is 3.96. The maximum absolute atomic E-state index is 12.5. The fourth-order valence-corrected chi connectivity index (χ4v) is 2.80. The number of H-pyrrole nitrogens is 1. The van der Waals surface area contributed by atoms with Gasteiger partial charge in [0.2, 0.25) is 5.95 Å². The average Bonchev–Trinajstić information content (AvgIpc) is 3.06. The average molecular weight is 353 g/mol. The second-order valence-corrected chi connectivity index (χ2v) is 5.67. The van der Waals surface area contributed by atoms with E-state index in [1.807, 2.05) is 5.92 Å². The van der Waals surface area contributed by atoms with Crippen LogP contribution >= 0.6 is 0 Å². The van der Waals surface area contributed by atoms with E-state index in [9.17, 15) is 24.5 Å². The number of halogens is 1. The van der Waals surface area contributed by atoms with Crippen molar-refractivity contribution in [2.45, 2.75) is 37.1 Å². The van der Waals surface area contributed by atoms with Gasteiger partial charge in [-0.2, -0.15) is 4.98 Å². The maximum atomic E-state index is 12.5. The highest BCUT2D eigenvalue weighted by Crippen LogP contribution is 2.40. The van der Waals surface area contributed by atoms with E-state index in [1.165, 1.54) is 6.92 Å². The Kier molecular flexibility index (Phi) is 4.21. The minimum absolute atomic E-state index is 0.0230. The Labute approximate surface area is 140 Å². The zero-order valence-corrected chi connectivity index (χ0v) is 13.0. The smallest absolute Gasteiger partial charge is 0.280 e. The van der Waals surface area contributed by atoms with Crippen LogP contribution in [0.3, 0.4) is 0 Å². The summed E-state index contributed by atoms with van der Waals surface area (Å²) in [5, 5.41) is 30.9. The molecule has 2 aromatic rings. The predicted octanol–water partition coefficient (Wildman–Crippen LogP) is -1.96. The Morgan fingerprint density at radius 2 is 2.36 bits per heavy atom. The van der Waals surface area contributed by atoms with Crippen LogP contribution in [0, 0.1) is 11.8 Å². The first-order valence-electron chi connectivity index (χ1n) is 7.32. The molecule has 0 saturated carbocycles. The number of nitrogens with two attached hydrogens (primary N) is 1. The van der Waals surface area contributed by atoms with Gasteiger partial charge < -0.3 is 25.8 Å². The van der Waals surface area contributed by atoms with Gasteiger partial charge in [0.25, 0.3) is 5.56 Å². The third kappa shape index (κ3) is 2.65. The fraction of sp³-hybridized carbons (Fsp3) is 0.500. The monoisotopic (exact) mass is 353 g/mol. The first-order chi connectivity index (χ1) is 11.8. The molecule has 1 aliphatic rings. The van der Waals surface area contributed by atoms with Gasteiger partial charge in [-0.25, -0.2) is 9.37 Å². The number of fused-ring (bicyclic) bond motifs is 1. The zero-order chi connectivity index (χ0) is 18.4. The Balaban J connectivity index is 2.18. The number of nitrogens with zero attached hydrogens (tertiary/aromatic N) is 3. The van der Waals surface area contributed by atoms with E-state index in [4.69, 9.17) is 10.5 Å². The first-order valence-corrected chi connectivity index (χ1v) is 7.32. The van der Waals surface area contributed by atoms with E-state index in [0.29, 0.717) is 0 Å². The van der Waals surface area contributed by atoms with Gasteiger partial charge in [-0.1, -0.05) is 11.8 Å². The number of nitrogen functional groups attached to an aromatic ring is 1. The Hall–Kier alpha value is -2.52. The van der Waals surface area contributed by atoms with Gasteiger partial charge in [0, 0.05) is 0 Å². The maximum Gasteiger partial charge on any atom is 0.280 e. The van der Waals surface area contributed by atoms with E-state index in [1.54, 1.807) is 0 Å². The van der Waals surface area contributed by atoms with Crippen LogP contribution in [-0.4, -0.2) is 65.4 Å². The van der Waals surface area contributed by atoms with Crippen LogP contribution in [0.1, 0.15) is 13.2 Å². The second kappa shape index (κ2) is 6.08. The highest BCUT2D eigenvalue weighted by Gasteiger charge is 2.57. The number of anilines is 1. The summed E-state index contributed by atoms with van der Waals surface area (Å²) in [4.78, 5) is 22.0. The van der Waals surface area contributed by atoms with Gasteiger partial charge in [-0.3, -0.25) is 14.3 Å². The minimum atomic E-state index is -2.26. The van der Waals surface area contributed by atoms with Crippen molar-refractivity contribution in [3.8, 4) is 11.8 Å². The van der Waals surface area contributed by atoms with E-state index in [2.05, 4.69) is 20.9 Å². The molecule has 0 aliphatic carbocycles. The highest BCUT2D eigenvalue weighted by molar-refractivity contribution is 5.70. The molecule has 1 saturated heterocycles. The van der Waals surface area contributed by atoms with Crippen LogP contribution < -0.4 is 11.3 Å². The van der Waals surface area contributed by atoms with E-state index < -0.39 is 42.4 Å². The quantitative estimate of drug-likeness (QED) is 0.389. The number of imidazole rings is 1. The van der Waals surface area contributed by atoms with Crippen molar-refractivity contribution in [3.05, 3.63) is 16.7 Å². The number of alkyl halides is 1. The first kappa shape index (κ1) is 17.3. The summed E-state index contributed by atoms with van der Waals surface area (Å²) in [6.07, 6.45) is -4.26. The number of ether oxygens (including phenoxy) is 1. The van der Waals surface area contributed by atoms with Crippen LogP contribution in [0.15, 0.2) is 11.1 Å². The molecule has 0 aromatic carbocycles. The molecule has 0 radical (unpaired) electrons. The second-order valence-electron chi connectivity index (χ2n) is 5.67. The lowest BCUT2D eigenvalue weighted by molar-refractivity contribution is -0.0847. The molecule has 11 heteroatoms. The van der Waals surface area contributed by atoms with Crippen LogP contribution in [0.4, 0.5) is 10.3 Å². The Morgan fingerprint density at radius 3 is 3.00 bits per heavy atom. The molecule has 0 amide bonds. The lowest BCUT2D eigenvalue weighted by Gasteiger charge is -2.26. The molecular formula is C14H16FN5O5. The SMILES string of the molecule is C[C@@H](O)[C@H]1O[C@@H](n2cnc3c(=O)[nH]c(N)nc32)[C@@](O)(C#CCF)C1O. The molecule has 0 bridgehead atoms. The molecule has 6 N–H and O–H groups in total. The molecule has 1 fully saturated rings. The highest BCUT2D eigenvalue weighted by atomic mass is 19.1. The number of aromatic amines is 1. The molecule has 5 atom stereocenters. The molecule has 3 heterocycles. The van der Waals surface area contributed by atoms with Gasteiger partial charge in [0.1, 0.15) is 18.9 Å². The van der Waals surface area contributed by atoms with Gasteiger partial charge in [-0.05, 0) is 6.92 Å². The van der Waals surface area contributed by atoms with Gasteiger partial charge in [0.15, 0.2) is 23.0 Å². The van der Waals surface area contributed by atoms with Crippen LogP contribution in [-0.2, 0) is 4.74 Å². The lowest BCUT2D eigenvalue weighted by atomic mass is 9.93. The van der Waals surface area contributed by atoms with Crippen LogP contribution in [0.2, 0.25) is 0 Å². The molecule has 3 rings (SSSR count). The number of rotatable bonds is 2. The summed E-state index contributed by atoms with van der Waals surface area (Å²) in [5.41, 5.74) is 2.56. The van der Waals surface area contributed by atoms with Gasteiger partial charge >= 0.3 is 0 Å². The number of hydrogen-bond donors (Lipinski definition) is 5. The van der Waals surface area contributed by atoms with E-state index in [0.717, 1.165) is 10.9 Å². The Bertz CT molecular complexity index is 916. The normalized spacial score (nSPS) is 30.2. The predicted molar refractivity (Wildman–Crippen MR) is 82.9 cm³/mol. The van der Waals surface area contributed by atoms with Crippen molar-refractivity contribution >= 4 is 17.1 Å². The summed E-state index contributed by atoms with van der Waals surface area (Å²) in [5.74, 6) is 4.08. The molecule has 0 spiro atoms. The lowest BCUT2D eigenvalue weighted by Crippen LogP contribution is -2.47. The summed E-state index contributed by atoms with van der Waals surface area (Å²) in [6, 6.07) is 0. The van der Waals surface area contributed by atoms with Gasteiger partial charge in [0.05, 0.1) is 12.4 Å². The van der Waals surface area contributed by atoms with Crippen molar-refractivity contribution in [2.75, 3.05) is 12.4 Å². The van der Waals surface area contributed by atoms with Crippen LogP contribution in [0.5, 0.6) is 0 Å². The van der Waals surface area contributed by atoms with Crippen molar-refractivity contribution in [1.29, 1.82) is 0 Å². The largest absolute Gasteiger partial charge is 0.391 e. The van der Waals surface area contributed by atoms with Crippen molar-refractivity contribution < 1.29 is 24.4 Å². The van der Waals surface area contributed by atoms with E-state index >= 15 is 0 Å². The van der Waals surface area contributed by atoms with E-state index in [-0.39, 0.29) is 17.1 Å².